The number of unbranched alkanes of at least 4 members (excludes halogenated alkanes) is 1. The highest BCUT2D eigenvalue weighted by molar-refractivity contribution is 6.62. The molecule has 0 bridgehead atoms. The number of furan rings is 1. The van der Waals surface area contributed by atoms with Crippen LogP contribution in [0.2, 0.25) is 0 Å². The van der Waals surface area contributed by atoms with Crippen molar-refractivity contribution in [2.75, 3.05) is 14.2 Å². The van der Waals surface area contributed by atoms with Crippen molar-refractivity contribution in [3.05, 3.63) is 162 Å². The van der Waals surface area contributed by atoms with Gasteiger partial charge in [0.2, 0.25) is 0 Å². The van der Waals surface area contributed by atoms with E-state index in [-0.39, 0.29) is 0 Å². The minimum absolute atomic E-state index is 0.447. The van der Waals surface area contributed by atoms with Gasteiger partial charge in [0.1, 0.15) is 35.3 Å². The van der Waals surface area contributed by atoms with E-state index in [9.17, 15) is 5.11 Å². The van der Waals surface area contributed by atoms with E-state index in [0.29, 0.717) is 17.6 Å². The monoisotopic (exact) mass is 616 g/mol. The Morgan fingerprint density at radius 2 is 1.04 bits per heavy atom. The third kappa shape index (κ3) is 5.63. The van der Waals surface area contributed by atoms with Crippen LogP contribution in [0.3, 0.4) is 0 Å². The van der Waals surface area contributed by atoms with E-state index < -0.39 is 36.6 Å². The Labute approximate surface area is 272 Å². The minimum Gasteiger partial charge on any atom is -0.467 e. The molecule has 0 aliphatic carbocycles. The van der Waals surface area contributed by atoms with Crippen molar-refractivity contribution in [2.24, 2.45) is 0 Å². The molecule has 1 saturated heterocycles. The lowest BCUT2D eigenvalue weighted by atomic mass is 9.71. The Morgan fingerprint density at radius 3 is 1.39 bits per heavy atom. The minimum atomic E-state index is -1.12. The molecule has 1 aliphatic heterocycles. The summed E-state index contributed by atoms with van der Waals surface area (Å²) >= 11 is 0. The first-order valence-corrected chi connectivity index (χ1v) is 16.0. The fourth-order valence-electron chi connectivity index (χ4n) is 6.97. The molecule has 236 valence electrons. The number of ether oxygens (including phenoxy) is 2. The maximum Gasteiger partial charge on any atom is 0.498 e. The molecule has 4 aromatic carbocycles. The first-order chi connectivity index (χ1) is 22.6. The van der Waals surface area contributed by atoms with E-state index in [1.807, 2.05) is 78.9 Å². The van der Waals surface area contributed by atoms with Gasteiger partial charge in [-0.15, -0.1) is 0 Å². The van der Waals surface area contributed by atoms with Gasteiger partial charge in [0.15, 0.2) is 0 Å². The van der Waals surface area contributed by atoms with Crippen molar-refractivity contribution in [1.82, 2.24) is 0 Å². The molecule has 6 nitrogen and oxygen atoms in total. The fraction of sp³-hybridized carbons (Fsp3) is 0.282. The molecule has 1 aromatic heterocycles. The topological polar surface area (TPSA) is 70.3 Å². The molecule has 6 rings (SSSR count). The Hall–Kier alpha value is -3.98. The van der Waals surface area contributed by atoms with Gasteiger partial charge in [-0.05, 0) is 34.7 Å². The molecule has 3 atom stereocenters. The van der Waals surface area contributed by atoms with Gasteiger partial charge in [0.25, 0.3) is 0 Å². The molecule has 0 amide bonds. The zero-order valence-electron chi connectivity index (χ0n) is 26.6. The van der Waals surface area contributed by atoms with Crippen LogP contribution in [0.4, 0.5) is 0 Å². The maximum atomic E-state index is 11.2. The number of benzene rings is 4. The Morgan fingerprint density at radius 1 is 0.652 bits per heavy atom. The first-order valence-electron chi connectivity index (χ1n) is 16.0. The van der Waals surface area contributed by atoms with Crippen molar-refractivity contribution in [3.63, 3.8) is 0 Å². The summed E-state index contributed by atoms with van der Waals surface area (Å²) < 4.78 is 33.6. The molecule has 0 unspecified atom stereocenters. The number of hydrogen-bond acceptors (Lipinski definition) is 6. The standard InChI is InChI=1S/C39H41BO6/c1-4-5-26-34(41)35-33(27-28-44-35)40-45-36(38(42-2,29-18-10-6-11-19-29)30-20-12-7-13-21-30)37(46-40)39(43-3,31-22-14-8-15-23-31)32-24-16-9-17-25-32/h6-25,27-28,34,36-37,41H,4-5,26H2,1-3H3/t34-,36-,37-/m1/s1. The Balaban J connectivity index is 1.61. The van der Waals surface area contributed by atoms with Gasteiger partial charge >= 0.3 is 7.12 Å². The van der Waals surface area contributed by atoms with Gasteiger partial charge in [-0.2, -0.15) is 0 Å². The zero-order chi connectivity index (χ0) is 32.0. The molecule has 1 aliphatic rings. The average Bonchev–Trinajstić information content (AvgIpc) is 3.79. The Kier molecular flexibility index (Phi) is 9.88. The molecular weight excluding hydrogens is 575 g/mol. The summed E-state index contributed by atoms with van der Waals surface area (Å²) in [6, 6.07) is 42.3. The smallest absolute Gasteiger partial charge is 0.467 e. The van der Waals surface area contributed by atoms with E-state index in [1.165, 1.54) is 0 Å². The molecule has 0 spiro atoms. The van der Waals surface area contributed by atoms with Crippen LogP contribution in [0.5, 0.6) is 0 Å². The normalized spacial score (nSPS) is 17.7. The second-order valence-corrected chi connectivity index (χ2v) is 11.7. The summed E-state index contributed by atoms with van der Waals surface area (Å²) in [5, 5.41) is 11.2. The third-order valence-corrected chi connectivity index (χ3v) is 9.19. The first kappa shape index (κ1) is 32.0. The molecule has 2 heterocycles. The molecule has 46 heavy (non-hydrogen) atoms. The molecule has 1 N–H and O–H groups in total. The summed E-state index contributed by atoms with van der Waals surface area (Å²) in [6.45, 7) is 2.10. The van der Waals surface area contributed by atoms with Gasteiger partial charge in [0.05, 0.1) is 6.26 Å². The van der Waals surface area contributed by atoms with E-state index >= 15 is 0 Å². The van der Waals surface area contributed by atoms with E-state index in [1.54, 1.807) is 20.5 Å². The number of hydrogen-bond donors (Lipinski definition) is 1. The SMILES string of the molecule is CCCC[C@@H](O)c1occc1B1O[C@@H](C(OC)(c2ccccc2)c2ccccc2)[C@H](C(OC)(c2ccccc2)c2ccccc2)O1. The highest BCUT2D eigenvalue weighted by Gasteiger charge is 2.62. The van der Waals surface area contributed by atoms with Crippen molar-refractivity contribution in [2.45, 2.75) is 55.7 Å². The van der Waals surface area contributed by atoms with Crippen LogP contribution in [-0.4, -0.2) is 38.7 Å². The molecule has 1 fully saturated rings. The number of aliphatic hydroxyl groups is 1. The lowest BCUT2D eigenvalue weighted by molar-refractivity contribution is -0.136. The van der Waals surface area contributed by atoms with Gasteiger partial charge in [-0.3, -0.25) is 0 Å². The van der Waals surface area contributed by atoms with Crippen LogP contribution in [0.15, 0.2) is 138 Å². The van der Waals surface area contributed by atoms with Crippen LogP contribution >= 0.6 is 0 Å². The fourth-order valence-corrected chi connectivity index (χ4v) is 6.97. The van der Waals surface area contributed by atoms with Crippen molar-refractivity contribution in [1.29, 1.82) is 0 Å². The van der Waals surface area contributed by atoms with Crippen molar-refractivity contribution in [3.8, 4) is 0 Å². The highest BCUT2D eigenvalue weighted by Crippen LogP contribution is 2.50. The molecular formula is C39H41BO6. The molecule has 0 radical (unpaired) electrons. The second kappa shape index (κ2) is 14.2. The molecule has 5 aromatic rings. The highest BCUT2D eigenvalue weighted by atomic mass is 16.7. The average molecular weight is 617 g/mol. The van der Waals surface area contributed by atoms with E-state index in [0.717, 1.165) is 35.1 Å². The summed E-state index contributed by atoms with van der Waals surface area (Å²) in [4.78, 5) is 0. The lowest BCUT2D eigenvalue weighted by Gasteiger charge is -2.46. The molecule has 7 heteroatoms. The summed E-state index contributed by atoms with van der Waals surface area (Å²) in [5.74, 6) is 0.447. The predicted octanol–water partition coefficient (Wildman–Crippen LogP) is 7.16. The number of aliphatic hydroxyl groups excluding tert-OH is 1. The van der Waals surface area contributed by atoms with E-state index in [4.69, 9.17) is 23.2 Å². The summed E-state index contributed by atoms with van der Waals surface area (Å²) in [5.41, 5.74) is 2.02. The Bertz CT molecular complexity index is 1470. The maximum absolute atomic E-state index is 11.2. The number of methoxy groups -OCH3 is 2. The summed E-state index contributed by atoms with van der Waals surface area (Å²) in [6.07, 6.45) is 1.70. The van der Waals surface area contributed by atoms with E-state index in [2.05, 4.69) is 55.5 Å². The second-order valence-electron chi connectivity index (χ2n) is 11.7. The van der Waals surface area contributed by atoms with Crippen LogP contribution in [0.1, 0.15) is 60.3 Å². The third-order valence-electron chi connectivity index (χ3n) is 9.19. The van der Waals surface area contributed by atoms with Crippen LogP contribution < -0.4 is 5.46 Å². The zero-order valence-corrected chi connectivity index (χ0v) is 26.6. The number of rotatable bonds is 13. The predicted molar refractivity (Wildman–Crippen MR) is 180 cm³/mol. The lowest BCUT2D eigenvalue weighted by Crippen LogP contribution is -2.56. The quantitative estimate of drug-likeness (QED) is 0.142. The van der Waals surface area contributed by atoms with Crippen LogP contribution in [0.25, 0.3) is 0 Å². The van der Waals surface area contributed by atoms with Crippen LogP contribution in [-0.2, 0) is 30.0 Å². The van der Waals surface area contributed by atoms with Gasteiger partial charge in [-0.1, -0.05) is 141 Å². The van der Waals surface area contributed by atoms with Gasteiger partial charge < -0.3 is 28.3 Å². The van der Waals surface area contributed by atoms with Gasteiger partial charge in [-0.25, -0.2) is 0 Å². The molecule has 0 saturated carbocycles. The van der Waals surface area contributed by atoms with Crippen LogP contribution in [0, 0.1) is 0 Å². The van der Waals surface area contributed by atoms with Crippen molar-refractivity contribution < 1.29 is 28.3 Å². The summed E-state index contributed by atoms with van der Waals surface area (Å²) in [7, 11) is 2.54. The van der Waals surface area contributed by atoms with Gasteiger partial charge in [0, 0.05) is 19.7 Å². The largest absolute Gasteiger partial charge is 0.498 e. The van der Waals surface area contributed by atoms with Crippen molar-refractivity contribution >= 4 is 12.6 Å².